The maximum atomic E-state index is 8.83. The predicted octanol–water partition coefficient (Wildman–Crippen LogP) is 2.02. The van der Waals surface area contributed by atoms with Crippen molar-refractivity contribution in [1.29, 1.82) is 5.26 Å². The first-order valence-corrected chi connectivity index (χ1v) is 6.17. The Balaban J connectivity index is 1.68. The zero-order chi connectivity index (χ0) is 11.7. The fourth-order valence-electron chi connectivity index (χ4n) is 2.88. The molecule has 2 heterocycles. The summed E-state index contributed by atoms with van der Waals surface area (Å²) in [7, 11) is 0. The van der Waals surface area contributed by atoms with Gasteiger partial charge in [-0.3, -0.25) is 0 Å². The van der Waals surface area contributed by atoms with Crippen LogP contribution in [-0.2, 0) is 0 Å². The highest BCUT2D eigenvalue weighted by Gasteiger charge is 2.34. The van der Waals surface area contributed by atoms with E-state index in [2.05, 4.69) is 17.5 Å². The van der Waals surface area contributed by atoms with Crippen LogP contribution in [0.25, 0.3) is 0 Å². The van der Waals surface area contributed by atoms with Gasteiger partial charge in [0.25, 0.3) is 0 Å². The maximum Gasteiger partial charge on any atom is 0.121 e. The number of nitriles is 1. The van der Waals surface area contributed by atoms with Gasteiger partial charge in [0.1, 0.15) is 11.9 Å². The van der Waals surface area contributed by atoms with Crippen LogP contribution in [0.2, 0.25) is 0 Å². The molecule has 2 aliphatic heterocycles. The molecule has 2 bridgehead atoms. The van der Waals surface area contributed by atoms with E-state index >= 15 is 0 Å². The number of hydrogen-bond donors (Lipinski definition) is 1. The van der Waals surface area contributed by atoms with Gasteiger partial charge in [-0.25, -0.2) is 0 Å². The zero-order valence-corrected chi connectivity index (χ0v) is 9.65. The van der Waals surface area contributed by atoms with Crippen molar-refractivity contribution in [2.75, 3.05) is 0 Å². The molecule has 1 aromatic rings. The fourth-order valence-corrected chi connectivity index (χ4v) is 2.88. The Morgan fingerprint density at radius 1 is 1.29 bits per heavy atom. The molecule has 0 aliphatic carbocycles. The minimum atomic E-state index is 0.288. The van der Waals surface area contributed by atoms with E-state index in [0.717, 1.165) is 18.6 Å². The number of fused-ring (bicyclic) bond motifs is 2. The largest absolute Gasteiger partial charge is 0.490 e. The molecular formula is C14H15N2O. The smallest absolute Gasteiger partial charge is 0.121 e. The lowest BCUT2D eigenvalue weighted by Crippen LogP contribution is -2.42. The quantitative estimate of drug-likeness (QED) is 0.840. The van der Waals surface area contributed by atoms with Gasteiger partial charge in [0.15, 0.2) is 0 Å². The number of ether oxygens (including phenoxy) is 1. The molecule has 0 saturated carbocycles. The van der Waals surface area contributed by atoms with Crippen LogP contribution < -0.4 is 10.1 Å². The van der Waals surface area contributed by atoms with Gasteiger partial charge in [0, 0.05) is 12.1 Å². The molecule has 1 aromatic carbocycles. The summed E-state index contributed by atoms with van der Waals surface area (Å²) in [4.78, 5) is 0. The first-order chi connectivity index (χ1) is 8.33. The summed E-state index contributed by atoms with van der Waals surface area (Å²) < 4.78 is 5.96. The standard InChI is InChI=1S/C14H15N2O/c15-9-10-2-1-3-13(6-10)17-14-7-11-4-5-12(8-14)16-11/h2-3,6,11-12,14,16H,4-5,7-8H2. The number of piperidine rings is 1. The summed E-state index contributed by atoms with van der Waals surface area (Å²) in [6.45, 7) is 0. The summed E-state index contributed by atoms with van der Waals surface area (Å²) in [5, 5.41) is 12.4. The molecule has 2 atom stereocenters. The van der Waals surface area contributed by atoms with E-state index in [9.17, 15) is 0 Å². The maximum absolute atomic E-state index is 8.83. The first kappa shape index (κ1) is 10.6. The van der Waals surface area contributed by atoms with Crippen LogP contribution in [0, 0.1) is 17.4 Å². The van der Waals surface area contributed by atoms with E-state index in [-0.39, 0.29) is 6.10 Å². The molecule has 0 amide bonds. The van der Waals surface area contributed by atoms with Crippen LogP contribution in [0.15, 0.2) is 18.2 Å². The molecule has 1 N–H and O–H groups in total. The second-order valence-electron chi connectivity index (χ2n) is 4.92. The summed E-state index contributed by atoms with van der Waals surface area (Å²) in [6.07, 6.45) is 4.99. The molecular weight excluding hydrogens is 212 g/mol. The average molecular weight is 227 g/mol. The number of hydrogen-bond acceptors (Lipinski definition) is 3. The van der Waals surface area contributed by atoms with Crippen molar-refractivity contribution in [3.63, 3.8) is 0 Å². The van der Waals surface area contributed by atoms with Crippen LogP contribution in [-0.4, -0.2) is 18.2 Å². The lowest BCUT2D eigenvalue weighted by molar-refractivity contribution is 0.137. The highest BCUT2D eigenvalue weighted by atomic mass is 16.5. The number of rotatable bonds is 2. The Hall–Kier alpha value is -1.53. The Labute approximate surface area is 101 Å². The van der Waals surface area contributed by atoms with Gasteiger partial charge in [-0.2, -0.15) is 5.26 Å². The Morgan fingerprint density at radius 3 is 2.76 bits per heavy atom. The second-order valence-corrected chi connectivity index (χ2v) is 4.92. The summed E-state index contributed by atoms with van der Waals surface area (Å²) >= 11 is 0. The van der Waals surface area contributed by atoms with Crippen molar-refractivity contribution in [3.05, 3.63) is 29.8 Å². The molecule has 2 aliphatic rings. The van der Waals surface area contributed by atoms with E-state index in [0.29, 0.717) is 17.6 Å². The van der Waals surface area contributed by atoms with E-state index in [1.807, 2.05) is 6.07 Å². The van der Waals surface area contributed by atoms with Gasteiger partial charge in [-0.15, -0.1) is 0 Å². The third-order valence-corrected chi connectivity index (χ3v) is 3.62. The van der Waals surface area contributed by atoms with Crippen LogP contribution >= 0.6 is 0 Å². The van der Waals surface area contributed by atoms with E-state index in [1.54, 1.807) is 12.1 Å². The monoisotopic (exact) mass is 227 g/mol. The number of nitrogens with one attached hydrogen (secondary N) is 1. The van der Waals surface area contributed by atoms with Gasteiger partial charge in [-0.05, 0) is 49.9 Å². The predicted molar refractivity (Wildman–Crippen MR) is 63.6 cm³/mol. The molecule has 3 heteroatoms. The van der Waals surface area contributed by atoms with Crippen molar-refractivity contribution in [3.8, 4) is 11.8 Å². The highest BCUT2D eigenvalue weighted by Crippen LogP contribution is 2.29. The van der Waals surface area contributed by atoms with E-state index in [4.69, 9.17) is 10.00 Å². The Bertz CT molecular complexity index is 440. The van der Waals surface area contributed by atoms with Crippen molar-refractivity contribution in [2.24, 2.45) is 0 Å². The Kier molecular flexibility index (Phi) is 2.74. The molecule has 0 aromatic heterocycles. The molecule has 87 valence electrons. The minimum Gasteiger partial charge on any atom is -0.490 e. The average Bonchev–Trinajstić information content (AvgIpc) is 2.69. The van der Waals surface area contributed by atoms with Crippen LogP contribution in [0.1, 0.15) is 31.2 Å². The van der Waals surface area contributed by atoms with Crippen molar-refractivity contribution in [2.45, 2.75) is 43.9 Å². The van der Waals surface area contributed by atoms with Crippen LogP contribution in [0.5, 0.6) is 5.75 Å². The van der Waals surface area contributed by atoms with E-state index < -0.39 is 0 Å². The number of nitrogens with zero attached hydrogens (tertiary/aromatic N) is 1. The van der Waals surface area contributed by atoms with Gasteiger partial charge in [0.05, 0.1) is 11.6 Å². The third kappa shape index (κ3) is 2.27. The summed E-state index contributed by atoms with van der Waals surface area (Å²) in [5.74, 6) is 0.773. The summed E-state index contributed by atoms with van der Waals surface area (Å²) in [6, 6.07) is 11.6. The zero-order valence-electron chi connectivity index (χ0n) is 9.65. The molecule has 3 nitrogen and oxygen atoms in total. The lowest BCUT2D eigenvalue weighted by atomic mass is 10.0. The Morgan fingerprint density at radius 2 is 2.06 bits per heavy atom. The molecule has 1 radical (unpaired) electrons. The van der Waals surface area contributed by atoms with Crippen molar-refractivity contribution < 1.29 is 4.74 Å². The molecule has 2 saturated heterocycles. The SMILES string of the molecule is N#Cc1c[c]cc(OC2CC3CCC(C2)N3)c1. The van der Waals surface area contributed by atoms with Gasteiger partial charge >= 0.3 is 0 Å². The van der Waals surface area contributed by atoms with Crippen molar-refractivity contribution in [1.82, 2.24) is 5.32 Å². The van der Waals surface area contributed by atoms with Crippen molar-refractivity contribution >= 4 is 0 Å². The van der Waals surface area contributed by atoms with Crippen LogP contribution in [0.4, 0.5) is 0 Å². The van der Waals surface area contributed by atoms with Crippen LogP contribution in [0.3, 0.4) is 0 Å². The lowest BCUT2D eigenvalue weighted by Gasteiger charge is -2.29. The molecule has 3 rings (SSSR count). The number of benzene rings is 1. The topological polar surface area (TPSA) is 45.0 Å². The highest BCUT2D eigenvalue weighted by molar-refractivity contribution is 5.35. The second kappa shape index (κ2) is 4.38. The molecule has 0 spiro atoms. The van der Waals surface area contributed by atoms with Gasteiger partial charge in [0.2, 0.25) is 0 Å². The molecule has 17 heavy (non-hydrogen) atoms. The van der Waals surface area contributed by atoms with E-state index in [1.165, 1.54) is 12.8 Å². The molecule has 2 unspecified atom stereocenters. The summed E-state index contributed by atoms with van der Waals surface area (Å²) in [5.41, 5.74) is 0.611. The first-order valence-electron chi connectivity index (χ1n) is 6.17. The normalized spacial score (nSPS) is 30.9. The minimum absolute atomic E-state index is 0.288. The van der Waals surface area contributed by atoms with Gasteiger partial charge < -0.3 is 10.1 Å². The van der Waals surface area contributed by atoms with Gasteiger partial charge in [-0.1, -0.05) is 0 Å². The molecule has 2 fully saturated rings. The fraction of sp³-hybridized carbons (Fsp3) is 0.500. The third-order valence-electron chi connectivity index (χ3n) is 3.62.